The number of hydrogen-bond donors (Lipinski definition) is 1. The molecule has 1 aliphatic carbocycles. The predicted molar refractivity (Wildman–Crippen MR) is 106 cm³/mol. The number of aliphatic hydroxyl groups is 1. The van der Waals surface area contributed by atoms with Crippen molar-refractivity contribution in [3.63, 3.8) is 0 Å². The first-order valence-electron chi connectivity index (χ1n) is 10.7. The van der Waals surface area contributed by atoms with Crippen LogP contribution in [0, 0.1) is 5.92 Å². The maximum atomic E-state index is 12.6. The van der Waals surface area contributed by atoms with Crippen molar-refractivity contribution in [3.8, 4) is 0 Å². The van der Waals surface area contributed by atoms with E-state index in [-0.39, 0.29) is 31.3 Å². The van der Waals surface area contributed by atoms with Gasteiger partial charge in [-0.1, -0.05) is 6.07 Å². The smallest absolute Gasteiger partial charge is 0.320 e. The number of amides is 2. The lowest BCUT2D eigenvalue weighted by atomic mass is 9.88. The third-order valence-corrected chi connectivity index (χ3v) is 6.44. The molecule has 3 heterocycles. The highest BCUT2D eigenvalue weighted by Crippen LogP contribution is 2.28. The lowest BCUT2D eigenvalue weighted by molar-refractivity contribution is -0.131. The Bertz CT molecular complexity index is 749. The van der Waals surface area contributed by atoms with E-state index in [1.54, 1.807) is 4.90 Å². The number of fused-ring (bicyclic) bond motifs is 1. The minimum Gasteiger partial charge on any atom is -0.386 e. The number of carbonyl (C=O) groups excluding carboxylic acids is 2. The molecule has 152 valence electrons. The summed E-state index contributed by atoms with van der Waals surface area (Å²) in [5.74, 6) is 0.537. The molecule has 1 N–H and O–H groups in total. The van der Waals surface area contributed by atoms with Gasteiger partial charge in [-0.2, -0.15) is 0 Å². The van der Waals surface area contributed by atoms with E-state index in [0.29, 0.717) is 5.92 Å². The summed E-state index contributed by atoms with van der Waals surface area (Å²) in [5.41, 5.74) is 2.90. The Labute approximate surface area is 166 Å². The predicted octanol–water partition coefficient (Wildman–Crippen LogP) is 2.36. The molecule has 0 bridgehead atoms. The van der Waals surface area contributed by atoms with Gasteiger partial charge in [0.2, 0.25) is 0 Å². The minimum absolute atomic E-state index is 0.00131. The molecule has 0 saturated carbocycles. The van der Waals surface area contributed by atoms with Crippen LogP contribution in [0.2, 0.25) is 0 Å². The second-order valence-electron chi connectivity index (χ2n) is 8.99. The highest BCUT2D eigenvalue weighted by molar-refractivity contribution is 5.79. The first-order valence-corrected chi connectivity index (χ1v) is 10.7. The quantitative estimate of drug-likeness (QED) is 0.864. The van der Waals surface area contributed by atoms with Crippen molar-refractivity contribution in [2.75, 3.05) is 26.2 Å². The topological polar surface area (TPSA) is 73.7 Å². The number of nitrogens with zero attached hydrogens (tertiary/aromatic N) is 3. The van der Waals surface area contributed by atoms with E-state index in [9.17, 15) is 14.7 Å². The van der Waals surface area contributed by atoms with Gasteiger partial charge in [-0.25, -0.2) is 4.79 Å². The summed E-state index contributed by atoms with van der Waals surface area (Å²) >= 11 is 0. The number of likely N-dealkylation sites (tertiary alicyclic amines) is 2. The highest BCUT2D eigenvalue weighted by atomic mass is 16.3. The Morgan fingerprint density at radius 1 is 1.14 bits per heavy atom. The molecule has 0 spiro atoms. The fourth-order valence-electron chi connectivity index (χ4n) is 4.94. The average molecular weight is 386 g/mol. The van der Waals surface area contributed by atoms with Gasteiger partial charge >= 0.3 is 6.03 Å². The van der Waals surface area contributed by atoms with E-state index in [0.717, 1.165) is 38.8 Å². The molecule has 1 aromatic heterocycles. The van der Waals surface area contributed by atoms with Crippen LogP contribution >= 0.6 is 0 Å². The van der Waals surface area contributed by atoms with Crippen LogP contribution in [-0.4, -0.2) is 63.5 Å². The van der Waals surface area contributed by atoms with Crippen molar-refractivity contribution in [2.45, 2.75) is 63.9 Å². The number of aryl methyl sites for hydroxylation is 2. The molecular weight excluding hydrogens is 354 g/mol. The van der Waals surface area contributed by atoms with Crippen molar-refractivity contribution in [3.05, 3.63) is 29.1 Å². The van der Waals surface area contributed by atoms with Gasteiger partial charge in [0.25, 0.3) is 0 Å². The van der Waals surface area contributed by atoms with Crippen molar-refractivity contribution < 1.29 is 14.7 Å². The molecule has 2 aliphatic heterocycles. The van der Waals surface area contributed by atoms with E-state index in [2.05, 4.69) is 12.1 Å². The Kier molecular flexibility index (Phi) is 5.41. The van der Waals surface area contributed by atoms with Crippen LogP contribution in [0.1, 0.15) is 56.0 Å². The average Bonchev–Trinajstić information content (AvgIpc) is 2.65. The summed E-state index contributed by atoms with van der Waals surface area (Å²) in [6.07, 6.45) is 7.94. The van der Waals surface area contributed by atoms with Crippen LogP contribution < -0.4 is 0 Å². The van der Waals surface area contributed by atoms with Gasteiger partial charge in [-0.3, -0.25) is 9.78 Å². The van der Waals surface area contributed by atoms with Crippen molar-refractivity contribution in [1.29, 1.82) is 0 Å². The molecule has 0 unspecified atom stereocenters. The Morgan fingerprint density at radius 2 is 1.86 bits per heavy atom. The van der Waals surface area contributed by atoms with Crippen LogP contribution in [0.15, 0.2) is 12.1 Å². The molecule has 2 saturated heterocycles. The molecule has 0 radical (unpaired) electrons. The van der Waals surface area contributed by atoms with Gasteiger partial charge in [-0.15, -0.1) is 0 Å². The van der Waals surface area contributed by atoms with E-state index in [1.165, 1.54) is 43.1 Å². The van der Waals surface area contributed by atoms with Crippen molar-refractivity contribution in [2.24, 2.45) is 5.92 Å². The highest BCUT2D eigenvalue weighted by Gasteiger charge is 2.45. The normalized spacial score (nSPS) is 21.8. The van der Waals surface area contributed by atoms with Crippen LogP contribution in [0.25, 0.3) is 0 Å². The molecule has 3 aliphatic rings. The number of hydrogen-bond acceptors (Lipinski definition) is 4. The van der Waals surface area contributed by atoms with Gasteiger partial charge in [0, 0.05) is 30.9 Å². The number of rotatable bonds is 4. The van der Waals surface area contributed by atoms with E-state index in [1.807, 2.05) is 4.90 Å². The maximum Gasteiger partial charge on any atom is 0.320 e. The van der Waals surface area contributed by atoms with Crippen LogP contribution in [0.5, 0.6) is 0 Å². The van der Waals surface area contributed by atoms with Gasteiger partial charge in [-0.05, 0) is 69.4 Å². The molecule has 28 heavy (non-hydrogen) atoms. The number of piperidine rings is 1. The number of aromatic nitrogens is 1. The first kappa shape index (κ1) is 19.4. The van der Waals surface area contributed by atoms with Gasteiger partial charge in [0.15, 0.2) is 0 Å². The van der Waals surface area contributed by atoms with E-state index >= 15 is 0 Å². The zero-order valence-corrected chi connectivity index (χ0v) is 16.8. The maximum absolute atomic E-state index is 12.6. The van der Waals surface area contributed by atoms with Gasteiger partial charge in [0.05, 0.1) is 13.1 Å². The van der Waals surface area contributed by atoms with E-state index in [4.69, 9.17) is 4.98 Å². The zero-order valence-electron chi connectivity index (χ0n) is 16.8. The summed E-state index contributed by atoms with van der Waals surface area (Å²) in [6, 6.07) is 4.46. The number of Topliss-reactive ketones (excluding diaryl/α,β-unsaturated/α-hetero) is 1. The number of carbonyl (C=O) groups is 2. The number of ketones is 1. The molecular formula is C22H31N3O3. The first-order chi connectivity index (χ1) is 13.4. The number of pyridine rings is 1. The van der Waals surface area contributed by atoms with Gasteiger partial charge < -0.3 is 14.9 Å². The Balaban J connectivity index is 1.25. The number of urea groups is 1. The minimum atomic E-state index is -1.02. The standard InChI is InChI=1S/C22H31N3O3/c1-16(26)13-22(28)14-25(15-22)21(27)24-10-8-17(9-11-24)12-19-7-6-18-4-2-3-5-20(18)23-19/h6-7,17,28H,2-5,8-15H2,1H3. The molecule has 2 amide bonds. The second-order valence-corrected chi connectivity index (χ2v) is 8.99. The summed E-state index contributed by atoms with van der Waals surface area (Å²) in [7, 11) is 0. The van der Waals surface area contributed by atoms with Crippen LogP contribution in [0.3, 0.4) is 0 Å². The van der Waals surface area contributed by atoms with Crippen molar-refractivity contribution >= 4 is 11.8 Å². The van der Waals surface area contributed by atoms with Gasteiger partial charge in [0.1, 0.15) is 11.4 Å². The molecule has 2 fully saturated rings. The van der Waals surface area contributed by atoms with Crippen LogP contribution in [0.4, 0.5) is 4.79 Å². The SMILES string of the molecule is CC(=O)CC1(O)CN(C(=O)N2CCC(Cc3ccc4c(n3)CCCC4)CC2)C1. The Hall–Kier alpha value is -1.95. The zero-order chi connectivity index (χ0) is 19.7. The Morgan fingerprint density at radius 3 is 2.57 bits per heavy atom. The largest absolute Gasteiger partial charge is 0.386 e. The van der Waals surface area contributed by atoms with Crippen LogP contribution in [-0.2, 0) is 24.1 Å². The lowest BCUT2D eigenvalue weighted by Gasteiger charge is -2.48. The second kappa shape index (κ2) is 7.82. The number of β-amino-alcohol motifs (C(OH)–C–C–N with tert-alkyl or cyclic N) is 1. The molecule has 0 atom stereocenters. The van der Waals surface area contributed by atoms with E-state index < -0.39 is 5.60 Å². The summed E-state index contributed by atoms with van der Waals surface area (Å²) in [6.45, 7) is 3.53. The summed E-state index contributed by atoms with van der Waals surface area (Å²) in [5, 5.41) is 10.2. The molecule has 6 nitrogen and oxygen atoms in total. The lowest BCUT2D eigenvalue weighted by Crippen LogP contribution is -2.66. The fourth-order valence-corrected chi connectivity index (χ4v) is 4.94. The summed E-state index contributed by atoms with van der Waals surface area (Å²) < 4.78 is 0. The monoisotopic (exact) mass is 385 g/mol. The van der Waals surface area contributed by atoms with Crippen molar-refractivity contribution in [1.82, 2.24) is 14.8 Å². The third-order valence-electron chi connectivity index (χ3n) is 6.44. The molecule has 0 aromatic carbocycles. The fraction of sp³-hybridized carbons (Fsp3) is 0.682. The third kappa shape index (κ3) is 4.22. The summed E-state index contributed by atoms with van der Waals surface area (Å²) in [4.78, 5) is 32.3. The molecule has 4 rings (SSSR count). The molecule has 1 aromatic rings. The molecule has 6 heteroatoms.